The van der Waals surface area contributed by atoms with Crippen LogP contribution in [0.15, 0.2) is 0 Å². The van der Waals surface area contributed by atoms with E-state index in [-0.39, 0.29) is 5.41 Å². The average molecular weight is 263 g/mol. The summed E-state index contributed by atoms with van der Waals surface area (Å²) in [4.78, 5) is 5.94. The fourth-order valence-corrected chi connectivity index (χ4v) is 3.97. The van der Waals surface area contributed by atoms with E-state index in [1.165, 1.54) is 29.2 Å². The third-order valence-corrected chi connectivity index (χ3v) is 4.71. The molecule has 2 aromatic heterocycles. The highest BCUT2D eigenvalue weighted by molar-refractivity contribution is 7.16. The second-order valence-corrected chi connectivity index (χ2v) is 7.47. The molecule has 0 spiro atoms. The van der Waals surface area contributed by atoms with E-state index in [4.69, 9.17) is 10.1 Å². The molecule has 0 bridgehead atoms. The summed E-state index contributed by atoms with van der Waals surface area (Å²) in [6.07, 6.45) is 4.69. The van der Waals surface area contributed by atoms with Gasteiger partial charge in [0.05, 0.1) is 11.4 Å². The molecule has 0 fully saturated rings. The van der Waals surface area contributed by atoms with Crippen LogP contribution in [0.3, 0.4) is 0 Å². The number of hydrogen-bond acceptors (Lipinski definition) is 3. The molecule has 0 atom stereocenters. The van der Waals surface area contributed by atoms with Crippen LogP contribution >= 0.6 is 11.3 Å². The highest BCUT2D eigenvalue weighted by atomic mass is 32.1. The van der Waals surface area contributed by atoms with E-state index in [0.717, 1.165) is 17.8 Å². The van der Waals surface area contributed by atoms with Gasteiger partial charge in [-0.25, -0.2) is 9.50 Å². The van der Waals surface area contributed by atoms with Crippen molar-refractivity contribution in [1.82, 2.24) is 14.6 Å². The molecule has 3 nitrogen and oxygen atoms in total. The van der Waals surface area contributed by atoms with Crippen LogP contribution in [0.5, 0.6) is 0 Å². The van der Waals surface area contributed by atoms with Gasteiger partial charge in [0.25, 0.3) is 0 Å². The molecule has 2 heterocycles. The zero-order valence-electron chi connectivity index (χ0n) is 11.7. The molecule has 0 amide bonds. The van der Waals surface area contributed by atoms with Crippen molar-refractivity contribution in [3.05, 3.63) is 16.4 Å². The zero-order valence-corrected chi connectivity index (χ0v) is 12.5. The van der Waals surface area contributed by atoms with Crippen LogP contribution in [0.4, 0.5) is 0 Å². The maximum absolute atomic E-state index is 4.85. The van der Waals surface area contributed by atoms with Gasteiger partial charge in [0.1, 0.15) is 5.01 Å². The summed E-state index contributed by atoms with van der Waals surface area (Å²) < 4.78 is 2.11. The van der Waals surface area contributed by atoms with E-state index in [0.29, 0.717) is 5.92 Å². The molecule has 2 aromatic rings. The standard InChI is InChI=1S/C14H21N3S/c1-9(2)8-11-16-17-10-6-5-7-14(3,4)12(10)15-13(17)18-11/h9H,5-8H2,1-4H3. The van der Waals surface area contributed by atoms with Crippen molar-refractivity contribution in [2.75, 3.05) is 0 Å². The molecule has 0 aliphatic heterocycles. The molecule has 0 radical (unpaired) electrons. The van der Waals surface area contributed by atoms with Crippen LogP contribution in [-0.2, 0) is 18.3 Å². The molecule has 0 N–H and O–H groups in total. The predicted molar refractivity (Wildman–Crippen MR) is 75.4 cm³/mol. The Bertz CT molecular complexity index is 577. The lowest BCUT2D eigenvalue weighted by molar-refractivity contribution is 0.416. The van der Waals surface area contributed by atoms with Crippen molar-refractivity contribution in [3.63, 3.8) is 0 Å². The summed E-state index contributed by atoms with van der Waals surface area (Å²) in [5, 5.41) is 5.99. The van der Waals surface area contributed by atoms with E-state index in [9.17, 15) is 0 Å². The average Bonchev–Trinajstić information content (AvgIpc) is 2.75. The van der Waals surface area contributed by atoms with Gasteiger partial charge in [-0.2, -0.15) is 5.10 Å². The van der Waals surface area contributed by atoms with E-state index in [1.54, 1.807) is 11.3 Å². The van der Waals surface area contributed by atoms with E-state index in [1.807, 2.05) is 0 Å². The second kappa shape index (κ2) is 4.05. The van der Waals surface area contributed by atoms with Gasteiger partial charge in [-0.1, -0.05) is 39.0 Å². The topological polar surface area (TPSA) is 30.2 Å². The van der Waals surface area contributed by atoms with E-state index >= 15 is 0 Å². The Hall–Kier alpha value is -0.900. The maximum Gasteiger partial charge on any atom is 0.212 e. The molecule has 4 heteroatoms. The van der Waals surface area contributed by atoms with Crippen molar-refractivity contribution < 1.29 is 0 Å². The molecule has 0 aromatic carbocycles. The van der Waals surface area contributed by atoms with Crippen LogP contribution in [0, 0.1) is 5.92 Å². The Labute approximate surface area is 112 Å². The third-order valence-electron chi connectivity index (χ3n) is 3.78. The van der Waals surface area contributed by atoms with Gasteiger partial charge in [0, 0.05) is 11.8 Å². The molecule has 0 saturated carbocycles. The van der Waals surface area contributed by atoms with Gasteiger partial charge in [-0.3, -0.25) is 0 Å². The smallest absolute Gasteiger partial charge is 0.212 e. The Kier molecular flexibility index (Phi) is 2.73. The molecule has 18 heavy (non-hydrogen) atoms. The Morgan fingerprint density at radius 3 is 2.89 bits per heavy atom. The Balaban J connectivity index is 2.08. The van der Waals surface area contributed by atoms with Gasteiger partial charge in [-0.05, 0) is 25.2 Å². The molecular formula is C14H21N3S. The van der Waals surface area contributed by atoms with Crippen LogP contribution in [0.1, 0.15) is 56.9 Å². The summed E-state index contributed by atoms with van der Waals surface area (Å²) >= 11 is 1.76. The van der Waals surface area contributed by atoms with E-state index < -0.39 is 0 Å². The molecule has 1 aliphatic carbocycles. The van der Waals surface area contributed by atoms with Crippen LogP contribution < -0.4 is 0 Å². The molecule has 98 valence electrons. The second-order valence-electron chi connectivity index (χ2n) is 6.43. The van der Waals surface area contributed by atoms with Gasteiger partial charge < -0.3 is 0 Å². The first-order chi connectivity index (χ1) is 8.47. The van der Waals surface area contributed by atoms with Gasteiger partial charge >= 0.3 is 0 Å². The number of imidazole rings is 1. The van der Waals surface area contributed by atoms with Gasteiger partial charge in [0.15, 0.2) is 0 Å². The van der Waals surface area contributed by atoms with Crippen molar-refractivity contribution >= 4 is 16.3 Å². The minimum Gasteiger partial charge on any atom is -0.222 e. The normalized spacial score (nSPS) is 18.5. The molecule has 0 saturated heterocycles. The van der Waals surface area contributed by atoms with Crippen molar-refractivity contribution in [1.29, 1.82) is 0 Å². The SMILES string of the molecule is CC(C)Cc1nn2c3c(nc2s1)C(C)(C)CCC3. The van der Waals surface area contributed by atoms with Crippen molar-refractivity contribution in [2.24, 2.45) is 5.92 Å². The first-order valence-corrected chi connectivity index (χ1v) is 7.67. The monoisotopic (exact) mass is 263 g/mol. The van der Waals surface area contributed by atoms with Gasteiger partial charge in [0.2, 0.25) is 4.96 Å². The first kappa shape index (κ1) is 12.2. The highest BCUT2D eigenvalue weighted by Crippen LogP contribution is 2.37. The minimum absolute atomic E-state index is 0.221. The fraction of sp³-hybridized carbons (Fsp3) is 0.714. The number of aromatic nitrogens is 3. The molecule has 0 unspecified atom stereocenters. The Morgan fingerprint density at radius 2 is 2.17 bits per heavy atom. The molecule has 3 rings (SSSR count). The number of nitrogens with zero attached hydrogens (tertiary/aromatic N) is 3. The summed E-state index contributed by atoms with van der Waals surface area (Å²) in [6.45, 7) is 9.08. The van der Waals surface area contributed by atoms with Crippen molar-refractivity contribution in [3.8, 4) is 0 Å². The maximum atomic E-state index is 4.85. The summed E-state index contributed by atoms with van der Waals surface area (Å²) in [6, 6.07) is 0. The zero-order chi connectivity index (χ0) is 12.9. The number of fused-ring (bicyclic) bond motifs is 3. The third kappa shape index (κ3) is 1.87. The summed E-state index contributed by atoms with van der Waals surface area (Å²) in [5.41, 5.74) is 2.86. The number of aryl methyl sites for hydroxylation is 1. The lowest BCUT2D eigenvalue weighted by Gasteiger charge is -2.28. The number of rotatable bonds is 2. The van der Waals surface area contributed by atoms with E-state index in [2.05, 4.69) is 32.2 Å². The van der Waals surface area contributed by atoms with Crippen LogP contribution in [-0.4, -0.2) is 14.6 Å². The Morgan fingerprint density at radius 1 is 1.39 bits per heavy atom. The predicted octanol–water partition coefficient (Wildman–Crippen LogP) is 3.60. The number of hydrogen-bond donors (Lipinski definition) is 0. The lowest BCUT2D eigenvalue weighted by atomic mass is 9.78. The lowest BCUT2D eigenvalue weighted by Crippen LogP contribution is -2.24. The summed E-state index contributed by atoms with van der Waals surface area (Å²) in [5.74, 6) is 0.660. The highest BCUT2D eigenvalue weighted by Gasteiger charge is 2.32. The summed E-state index contributed by atoms with van der Waals surface area (Å²) in [7, 11) is 0. The van der Waals surface area contributed by atoms with Gasteiger partial charge in [-0.15, -0.1) is 0 Å². The molecular weight excluding hydrogens is 242 g/mol. The van der Waals surface area contributed by atoms with Crippen LogP contribution in [0.25, 0.3) is 4.96 Å². The largest absolute Gasteiger partial charge is 0.222 e. The first-order valence-electron chi connectivity index (χ1n) is 6.85. The minimum atomic E-state index is 0.221. The molecule has 1 aliphatic rings. The van der Waals surface area contributed by atoms with Crippen molar-refractivity contribution in [2.45, 2.75) is 58.8 Å². The fourth-order valence-electron chi connectivity index (χ4n) is 2.84. The quantitative estimate of drug-likeness (QED) is 0.828. The van der Waals surface area contributed by atoms with Crippen LogP contribution in [0.2, 0.25) is 0 Å².